The summed E-state index contributed by atoms with van der Waals surface area (Å²) in [4.78, 5) is 18.2. The van der Waals surface area contributed by atoms with Crippen LogP contribution in [0.3, 0.4) is 0 Å². The number of carbonyl (C=O) groups is 1. The van der Waals surface area contributed by atoms with Gasteiger partial charge in [0.1, 0.15) is 4.88 Å². The zero-order chi connectivity index (χ0) is 13.9. The Morgan fingerprint density at radius 1 is 1.44 bits per heavy atom. The van der Waals surface area contributed by atoms with E-state index in [-0.39, 0.29) is 5.41 Å². The molecule has 0 bridgehead atoms. The number of aromatic nitrogens is 1. The number of hydrogen-bond donors (Lipinski definition) is 1. The fourth-order valence-electron chi connectivity index (χ4n) is 1.62. The normalized spacial score (nSPS) is 11.6. The van der Waals surface area contributed by atoms with Gasteiger partial charge < -0.3 is 10.0 Å². The first-order valence-corrected chi connectivity index (χ1v) is 7.04. The minimum atomic E-state index is -0.882. The Bertz CT molecular complexity index is 421. The first-order chi connectivity index (χ1) is 8.27. The molecule has 0 saturated heterocycles. The van der Waals surface area contributed by atoms with Gasteiger partial charge in [0.05, 0.1) is 5.69 Å². The SMILES string of the molecule is CCCCN(C)c1nc(C(C)(C)C)c(C(=O)O)s1. The van der Waals surface area contributed by atoms with Gasteiger partial charge in [-0.15, -0.1) is 0 Å². The lowest BCUT2D eigenvalue weighted by Crippen LogP contribution is -2.19. The van der Waals surface area contributed by atoms with Gasteiger partial charge in [0.2, 0.25) is 0 Å². The van der Waals surface area contributed by atoms with E-state index in [9.17, 15) is 9.90 Å². The van der Waals surface area contributed by atoms with Crippen LogP contribution in [0.25, 0.3) is 0 Å². The van der Waals surface area contributed by atoms with E-state index in [1.807, 2.05) is 32.7 Å². The third-order valence-corrected chi connectivity index (χ3v) is 3.85. The largest absolute Gasteiger partial charge is 0.477 e. The van der Waals surface area contributed by atoms with Crippen LogP contribution in [-0.4, -0.2) is 29.7 Å². The molecule has 1 aromatic heterocycles. The monoisotopic (exact) mass is 270 g/mol. The number of nitrogens with zero attached hydrogens (tertiary/aromatic N) is 2. The summed E-state index contributed by atoms with van der Waals surface area (Å²) < 4.78 is 0. The molecule has 0 saturated carbocycles. The van der Waals surface area contributed by atoms with Gasteiger partial charge in [-0.1, -0.05) is 45.5 Å². The summed E-state index contributed by atoms with van der Waals surface area (Å²) in [5.41, 5.74) is 0.437. The van der Waals surface area contributed by atoms with E-state index < -0.39 is 5.97 Å². The van der Waals surface area contributed by atoms with E-state index >= 15 is 0 Å². The number of rotatable bonds is 5. The third-order valence-electron chi connectivity index (χ3n) is 2.69. The van der Waals surface area contributed by atoms with Gasteiger partial charge in [-0.25, -0.2) is 9.78 Å². The average molecular weight is 270 g/mol. The number of thiazole rings is 1. The molecule has 0 unspecified atom stereocenters. The molecule has 0 aliphatic heterocycles. The predicted molar refractivity (Wildman–Crippen MR) is 76.0 cm³/mol. The van der Waals surface area contributed by atoms with Crippen LogP contribution in [0, 0.1) is 0 Å². The Morgan fingerprint density at radius 2 is 2.06 bits per heavy atom. The summed E-state index contributed by atoms with van der Waals surface area (Å²) in [6.45, 7) is 9.02. The number of anilines is 1. The number of carboxylic acid groups (broad SMARTS) is 1. The highest BCUT2D eigenvalue weighted by atomic mass is 32.1. The van der Waals surface area contributed by atoms with Crippen LogP contribution in [0.1, 0.15) is 55.9 Å². The highest BCUT2D eigenvalue weighted by molar-refractivity contribution is 7.17. The lowest BCUT2D eigenvalue weighted by atomic mass is 9.91. The zero-order valence-electron chi connectivity index (χ0n) is 11.8. The maximum absolute atomic E-state index is 11.3. The van der Waals surface area contributed by atoms with Crippen LogP contribution in [0.5, 0.6) is 0 Å². The van der Waals surface area contributed by atoms with Crippen LogP contribution in [0.4, 0.5) is 5.13 Å². The van der Waals surface area contributed by atoms with Gasteiger partial charge in [-0.05, 0) is 6.42 Å². The van der Waals surface area contributed by atoms with Gasteiger partial charge >= 0.3 is 5.97 Å². The fraction of sp³-hybridized carbons (Fsp3) is 0.692. The quantitative estimate of drug-likeness (QED) is 0.891. The number of unbranched alkanes of at least 4 members (excludes halogenated alkanes) is 1. The van der Waals surface area contributed by atoms with Crippen molar-refractivity contribution in [2.45, 2.75) is 46.0 Å². The Labute approximate surface area is 113 Å². The standard InChI is InChI=1S/C13H22N2O2S/c1-6-7-8-15(5)12-14-10(13(2,3)4)9(18-12)11(16)17/h6-8H2,1-5H3,(H,16,17). The number of carboxylic acids is 1. The van der Waals surface area contributed by atoms with Crippen LogP contribution >= 0.6 is 11.3 Å². The second kappa shape index (κ2) is 5.69. The van der Waals surface area contributed by atoms with E-state index in [1.54, 1.807) is 0 Å². The molecule has 0 spiro atoms. The molecule has 1 heterocycles. The minimum Gasteiger partial charge on any atom is -0.477 e. The Kier molecular flexibility index (Phi) is 4.73. The molecule has 1 N–H and O–H groups in total. The van der Waals surface area contributed by atoms with E-state index in [2.05, 4.69) is 11.9 Å². The van der Waals surface area contributed by atoms with Crippen LogP contribution in [-0.2, 0) is 5.41 Å². The topological polar surface area (TPSA) is 53.4 Å². The second-order valence-corrected chi connectivity index (χ2v) is 6.48. The smallest absolute Gasteiger partial charge is 0.347 e. The lowest BCUT2D eigenvalue weighted by Gasteiger charge is -2.17. The number of aromatic carboxylic acids is 1. The molecule has 0 amide bonds. The molecular formula is C13H22N2O2S. The molecule has 0 aliphatic carbocycles. The highest BCUT2D eigenvalue weighted by Crippen LogP contribution is 2.33. The van der Waals surface area contributed by atoms with Crippen molar-refractivity contribution >= 4 is 22.4 Å². The van der Waals surface area contributed by atoms with Crippen LogP contribution < -0.4 is 4.90 Å². The van der Waals surface area contributed by atoms with Gasteiger partial charge in [-0.2, -0.15) is 0 Å². The Morgan fingerprint density at radius 3 is 2.44 bits per heavy atom. The molecule has 0 aliphatic rings. The molecule has 5 heteroatoms. The molecule has 0 radical (unpaired) electrons. The summed E-state index contributed by atoms with van der Waals surface area (Å²) >= 11 is 1.27. The maximum Gasteiger partial charge on any atom is 0.347 e. The van der Waals surface area contributed by atoms with E-state index in [1.165, 1.54) is 11.3 Å². The van der Waals surface area contributed by atoms with Crippen LogP contribution in [0.2, 0.25) is 0 Å². The van der Waals surface area contributed by atoms with Crippen molar-refractivity contribution < 1.29 is 9.90 Å². The van der Waals surface area contributed by atoms with Crippen molar-refractivity contribution in [2.75, 3.05) is 18.5 Å². The summed E-state index contributed by atoms with van der Waals surface area (Å²) in [6, 6.07) is 0. The number of hydrogen-bond acceptors (Lipinski definition) is 4. The van der Waals surface area contributed by atoms with Crippen molar-refractivity contribution in [3.05, 3.63) is 10.6 Å². The molecular weight excluding hydrogens is 248 g/mol. The molecule has 1 aromatic rings. The molecule has 18 heavy (non-hydrogen) atoms. The summed E-state index contributed by atoms with van der Waals surface area (Å²) in [5, 5.41) is 10.0. The maximum atomic E-state index is 11.3. The van der Waals surface area contributed by atoms with Crippen molar-refractivity contribution in [1.82, 2.24) is 4.98 Å². The van der Waals surface area contributed by atoms with E-state index in [4.69, 9.17) is 0 Å². The van der Waals surface area contributed by atoms with Gasteiger partial charge in [0.25, 0.3) is 0 Å². The van der Waals surface area contributed by atoms with Gasteiger partial charge in [-0.3, -0.25) is 0 Å². The first-order valence-electron chi connectivity index (χ1n) is 6.23. The molecule has 0 aromatic carbocycles. The molecule has 0 atom stereocenters. The fourth-order valence-corrected chi connectivity index (χ4v) is 2.72. The molecule has 102 valence electrons. The summed E-state index contributed by atoms with van der Waals surface area (Å²) in [6.07, 6.45) is 2.21. The zero-order valence-corrected chi connectivity index (χ0v) is 12.6. The predicted octanol–water partition coefficient (Wildman–Crippen LogP) is 3.38. The Hall–Kier alpha value is -1.10. The average Bonchev–Trinajstić information content (AvgIpc) is 2.70. The molecule has 1 rings (SSSR count). The van der Waals surface area contributed by atoms with E-state index in [0.29, 0.717) is 10.6 Å². The molecule has 0 fully saturated rings. The van der Waals surface area contributed by atoms with Gasteiger partial charge in [0, 0.05) is 19.0 Å². The third kappa shape index (κ3) is 3.45. The summed E-state index contributed by atoms with van der Waals surface area (Å²) in [5.74, 6) is -0.882. The van der Waals surface area contributed by atoms with Crippen molar-refractivity contribution in [1.29, 1.82) is 0 Å². The van der Waals surface area contributed by atoms with E-state index in [0.717, 1.165) is 24.5 Å². The second-order valence-electron chi connectivity index (χ2n) is 5.50. The van der Waals surface area contributed by atoms with Crippen molar-refractivity contribution in [3.8, 4) is 0 Å². The lowest BCUT2D eigenvalue weighted by molar-refractivity contribution is 0.0699. The van der Waals surface area contributed by atoms with Crippen molar-refractivity contribution in [2.24, 2.45) is 0 Å². The summed E-state index contributed by atoms with van der Waals surface area (Å²) in [7, 11) is 1.96. The van der Waals surface area contributed by atoms with Crippen molar-refractivity contribution in [3.63, 3.8) is 0 Å². The molecule has 4 nitrogen and oxygen atoms in total. The first kappa shape index (κ1) is 15.0. The van der Waals surface area contributed by atoms with Gasteiger partial charge in [0.15, 0.2) is 5.13 Å². The minimum absolute atomic E-state index is 0.242. The Balaban J connectivity index is 3.06. The van der Waals surface area contributed by atoms with Crippen LogP contribution in [0.15, 0.2) is 0 Å². The highest BCUT2D eigenvalue weighted by Gasteiger charge is 2.27.